The highest BCUT2D eigenvalue weighted by molar-refractivity contribution is 6.02. The van der Waals surface area contributed by atoms with E-state index in [2.05, 4.69) is 25.0 Å². The fraction of sp³-hybridized carbons (Fsp3) is 0.364. The Kier molecular flexibility index (Phi) is 5.84. The number of carbonyl (C=O) groups is 1. The number of nitrogens with zero attached hydrogens (tertiary/aromatic N) is 4. The fourth-order valence-electron chi connectivity index (χ4n) is 3.78. The minimum absolute atomic E-state index is 0.00473. The Morgan fingerprint density at radius 3 is 2.79 bits per heavy atom. The average molecular weight is 458 g/mol. The Hall–Kier alpha value is -3.81. The Labute approximate surface area is 187 Å². The highest BCUT2D eigenvalue weighted by Crippen LogP contribution is 2.38. The van der Waals surface area contributed by atoms with Crippen LogP contribution in [-0.2, 0) is 11.2 Å². The van der Waals surface area contributed by atoms with Gasteiger partial charge in [-0.05, 0) is 31.4 Å². The number of aromatic nitrogens is 3. The number of nitriles is 1. The number of amides is 1. The number of aryl methyl sites for hydroxylation is 2. The third-order valence-electron chi connectivity index (χ3n) is 5.65. The van der Waals surface area contributed by atoms with E-state index in [9.17, 15) is 23.2 Å². The maximum absolute atomic E-state index is 13.4. The lowest BCUT2D eigenvalue weighted by molar-refractivity contribution is -0.117. The molecule has 1 aliphatic rings. The molecule has 2 heterocycles. The predicted octanol–water partition coefficient (Wildman–Crippen LogP) is 4.37. The van der Waals surface area contributed by atoms with Crippen LogP contribution in [0, 0.1) is 24.2 Å². The third-order valence-corrected chi connectivity index (χ3v) is 5.65. The lowest BCUT2D eigenvalue weighted by Crippen LogP contribution is -2.20. The van der Waals surface area contributed by atoms with Crippen LogP contribution in [0.15, 0.2) is 18.5 Å². The van der Waals surface area contributed by atoms with Gasteiger partial charge in [0.05, 0.1) is 23.3 Å². The first-order valence-corrected chi connectivity index (χ1v) is 10.3. The van der Waals surface area contributed by atoms with Gasteiger partial charge in [-0.3, -0.25) is 4.79 Å². The monoisotopic (exact) mass is 458 g/mol. The van der Waals surface area contributed by atoms with Gasteiger partial charge in [0.2, 0.25) is 5.91 Å². The van der Waals surface area contributed by atoms with Gasteiger partial charge in [-0.15, -0.1) is 0 Å². The first-order valence-electron chi connectivity index (χ1n) is 10.3. The number of H-pyrrole nitrogens is 1. The second-order valence-electron chi connectivity index (χ2n) is 7.76. The van der Waals surface area contributed by atoms with Crippen LogP contribution in [0.25, 0.3) is 11.0 Å². The van der Waals surface area contributed by atoms with Gasteiger partial charge in [-0.1, -0.05) is 6.92 Å². The second-order valence-corrected chi connectivity index (χ2v) is 7.76. The summed E-state index contributed by atoms with van der Waals surface area (Å²) in [6.45, 7) is 0.567. The molecule has 2 unspecified atom stereocenters. The van der Waals surface area contributed by atoms with E-state index in [4.69, 9.17) is 0 Å². The van der Waals surface area contributed by atoms with Crippen molar-refractivity contribution >= 4 is 34.3 Å². The molecule has 33 heavy (non-hydrogen) atoms. The first kappa shape index (κ1) is 22.4. The van der Waals surface area contributed by atoms with E-state index in [1.165, 1.54) is 18.5 Å². The van der Waals surface area contributed by atoms with Crippen LogP contribution in [-0.4, -0.2) is 40.7 Å². The normalized spacial score (nSPS) is 17.2. The van der Waals surface area contributed by atoms with Crippen LogP contribution in [0.5, 0.6) is 5.75 Å². The molecule has 11 heteroatoms. The van der Waals surface area contributed by atoms with Crippen molar-refractivity contribution in [2.45, 2.75) is 39.5 Å². The van der Waals surface area contributed by atoms with Crippen LogP contribution in [0.1, 0.15) is 30.0 Å². The molecule has 2 N–H and O–H groups in total. The van der Waals surface area contributed by atoms with Gasteiger partial charge >= 0.3 is 6.61 Å². The van der Waals surface area contributed by atoms with Gasteiger partial charge in [-0.25, -0.2) is 14.4 Å². The molecule has 0 spiro atoms. The molecule has 0 radical (unpaired) electrons. The summed E-state index contributed by atoms with van der Waals surface area (Å²) < 4.78 is 43.7. The standard InChI is InChI=1S/C22H21F3N6O2/c1-4-11-5-12(8-26)16(33-22(24)25)7-15(11)31(3)20-10(2)17-18(28-9-27-17)19(29-20)30-21(32)13-6-14(13)23/h5,7,9,13-14,22H,4,6H2,1-3H3,(H,27,28)(H,29,30,32). The lowest BCUT2D eigenvalue weighted by atomic mass is 10.0. The van der Waals surface area contributed by atoms with Gasteiger partial charge < -0.3 is 19.9 Å². The molecular weight excluding hydrogens is 437 g/mol. The molecule has 1 aromatic carbocycles. The molecule has 2 aromatic heterocycles. The van der Waals surface area contributed by atoms with Crippen molar-refractivity contribution < 1.29 is 22.7 Å². The molecule has 1 aliphatic carbocycles. The van der Waals surface area contributed by atoms with Crippen molar-refractivity contribution in [2.75, 3.05) is 17.3 Å². The Morgan fingerprint density at radius 1 is 1.45 bits per heavy atom. The SMILES string of the molecule is CCc1cc(C#N)c(OC(F)F)cc1N(C)c1nc(NC(=O)C2CC2F)c2[nH]cnc2c1C. The average Bonchev–Trinajstić information content (AvgIpc) is 3.31. The lowest BCUT2D eigenvalue weighted by Gasteiger charge is -2.25. The van der Waals surface area contributed by atoms with Crippen molar-refractivity contribution in [3.63, 3.8) is 0 Å². The molecule has 172 valence electrons. The summed E-state index contributed by atoms with van der Waals surface area (Å²) in [5, 5.41) is 12.0. The zero-order valence-electron chi connectivity index (χ0n) is 18.1. The number of hydrogen-bond acceptors (Lipinski definition) is 6. The molecule has 1 saturated carbocycles. The predicted molar refractivity (Wildman–Crippen MR) is 115 cm³/mol. The molecule has 0 bridgehead atoms. The summed E-state index contributed by atoms with van der Waals surface area (Å²) in [5.41, 5.74) is 2.92. The first-order chi connectivity index (χ1) is 15.7. The van der Waals surface area contributed by atoms with Crippen molar-refractivity contribution in [3.05, 3.63) is 35.2 Å². The number of pyridine rings is 1. The molecule has 1 amide bonds. The minimum atomic E-state index is -3.09. The number of rotatable bonds is 7. The van der Waals surface area contributed by atoms with E-state index in [1.807, 2.05) is 13.0 Å². The number of anilines is 3. The molecule has 3 aromatic rings. The van der Waals surface area contributed by atoms with E-state index in [0.717, 1.165) is 0 Å². The number of alkyl halides is 3. The second kappa shape index (κ2) is 8.61. The topological polar surface area (TPSA) is 107 Å². The minimum Gasteiger partial charge on any atom is -0.433 e. The van der Waals surface area contributed by atoms with E-state index >= 15 is 0 Å². The van der Waals surface area contributed by atoms with Crippen molar-refractivity contribution in [1.82, 2.24) is 15.0 Å². The van der Waals surface area contributed by atoms with E-state index in [1.54, 1.807) is 18.9 Å². The van der Waals surface area contributed by atoms with Crippen LogP contribution < -0.4 is 15.0 Å². The number of halogens is 3. The number of benzene rings is 1. The summed E-state index contributed by atoms with van der Waals surface area (Å²) >= 11 is 0. The summed E-state index contributed by atoms with van der Waals surface area (Å²) in [6.07, 6.45) is 0.987. The molecule has 2 atom stereocenters. The van der Waals surface area contributed by atoms with Gasteiger partial charge in [0, 0.05) is 24.4 Å². The summed E-state index contributed by atoms with van der Waals surface area (Å²) in [7, 11) is 1.69. The molecular formula is C22H21F3N6O2. The van der Waals surface area contributed by atoms with E-state index in [-0.39, 0.29) is 23.6 Å². The van der Waals surface area contributed by atoms with Gasteiger partial charge in [0.15, 0.2) is 5.82 Å². The van der Waals surface area contributed by atoms with E-state index in [0.29, 0.717) is 40.1 Å². The molecule has 4 rings (SSSR count). The van der Waals surface area contributed by atoms with Gasteiger partial charge in [-0.2, -0.15) is 14.0 Å². The maximum Gasteiger partial charge on any atom is 0.387 e. The van der Waals surface area contributed by atoms with Crippen molar-refractivity contribution in [1.29, 1.82) is 5.26 Å². The molecule has 0 aliphatic heterocycles. The number of fused-ring (bicyclic) bond motifs is 1. The van der Waals surface area contributed by atoms with Gasteiger partial charge in [0.1, 0.15) is 29.3 Å². The number of ether oxygens (including phenoxy) is 1. The van der Waals surface area contributed by atoms with Crippen LogP contribution in [0.3, 0.4) is 0 Å². The van der Waals surface area contributed by atoms with Crippen LogP contribution in [0.4, 0.5) is 30.5 Å². The van der Waals surface area contributed by atoms with Crippen molar-refractivity contribution in [3.8, 4) is 11.8 Å². The maximum atomic E-state index is 13.4. The Morgan fingerprint density at radius 2 is 2.18 bits per heavy atom. The van der Waals surface area contributed by atoms with Crippen molar-refractivity contribution in [2.24, 2.45) is 5.92 Å². The molecule has 0 saturated heterocycles. The fourth-order valence-corrected chi connectivity index (χ4v) is 3.78. The summed E-state index contributed by atoms with van der Waals surface area (Å²) in [5.74, 6) is -0.828. The zero-order valence-corrected chi connectivity index (χ0v) is 18.1. The Balaban J connectivity index is 1.81. The summed E-state index contributed by atoms with van der Waals surface area (Å²) in [4.78, 5) is 25.8. The zero-order chi connectivity index (χ0) is 23.9. The number of carbonyl (C=O) groups excluding carboxylic acids is 1. The van der Waals surface area contributed by atoms with E-state index < -0.39 is 24.6 Å². The number of hydrogen-bond donors (Lipinski definition) is 2. The number of imidazole rings is 1. The molecule has 1 fully saturated rings. The smallest absolute Gasteiger partial charge is 0.387 e. The third kappa shape index (κ3) is 4.16. The molecule has 8 nitrogen and oxygen atoms in total. The highest BCUT2D eigenvalue weighted by atomic mass is 19.3. The van der Waals surface area contributed by atoms with Gasteiger partial charge in [0.25, 0.3) is 0 Å². The number of aromatic amines is 1. The highest BCUT2D eigenvalue weighted by Gasteiger charge is 2.44. The van der Waals surface area contributed by atoms with Crippen LogP contribution >= 0.6 is 0 Å². The quantitative estimate of drug-likeness (QED) is 0.545. The number of nitrogens with one attached hydrogen (secondary N) is 2. The largest absolute Gasteiger partial charge is 0.433 e. The van der Waals surface area contributed by atoms with Crippen LogP contribution in [0.2, 0.25) is 0 Å². The summed E-state index contributed by atoms with van der Waals surface area (Å²) in [6, 6.07) is 4.75. The Bertz CT molecular complexity index is 1270.